The average molecular weight is 300 g/mol. The molecule has 0 saturated carbocycles. The third kappa shape index (κ3) is 4.88. The molecule has 1 aromatic rings. The highest BCUT2D eigenvalue weighted by molar-refractivity contribution is 9.10. The molecule has 3 nitrogen and oxygen atoms in total. The lowest BCUT2D eigenvalue weighted by atomic mass is 10.1. The fourth-order valence-electron chi connectivity index (χ4n) is 1.49. The number of benzene rings is 1. The van der Waals surface area contributed by atoms with E-state index in [4.69, 9.17) is 4.74 Å². The van der Waals surface area contributed by atoms with Crippen LogP contribution in [-0.4, -0.2) is 25.2 Å². The second-order valence-electron chi connectivity index (χ2n) is 3.73. The van der Waals surface area contributed by atoms with E-state index < -0.39 is 0 Å². The van der Waals surface area contributed by atoms with E-state index in [0.717, 1.165) is 10.9 Å². The summed E-state index contributed by atoms with van der Waals surface area (Å²) in [6.07, 6.45) is 0.436. The largest absolute Gasteiger partial charge is 0.369 e. The van der Waals surface area contributed by atoms with Gasteiger partial charge < -0.3 is 10.1 Å². The Hall–Kier alpha value is -0.870. The molecule has 1 rings (SSSR count). The number of hydrogen-bond acceptors (Lipinski definition) is 2. The minimum atomic E-state index is -0.376. The molecule has 0 aliphatic rings. The Morgan fingerprint density at radius 2 is 2.18 bits per heavy atom. The first-order valence-electron chi connectivity index (χ1n) is 5.78. The maximum Gasteiger partial charge on any atom is 0.248 e. The molecule has 1 atom stereocenters. The van der Waals surface area contributed by atoms with E-state index in [2.05, 4.69) is 21.2 Å². The van der Waals surface area contributed by atoms with E-state index >= 15 is 0 Å². The van der Waals surface area contributed by atoms with Crippen molar-refractivity contribution in [2.75, 3.05) is 13.2 Å². The van der Waals surface area contributed by atoms with Gasteiger partial charge in [0.15, 0.2) is 0 Å². The lowest BCUT2D eigenvalue weighted by molar-refractivity contribution is -0.131. The van der Waals surface area contributed by atoms with Crippen molar-refractivity contribution in [1.82, 2.24) is 5.32 Å². The molecule has 1 amide bonds. The Bertz CT molecular complexity index is 368. The topological polar surface area (TPSA) is 38.3 Å². The third-order valence-corrected chi connectivity index (χ3v) is 3.21. The van der Waals surface area contributed by atoms with E-state index in [1.54, 1.807) is 6.92 Å². The number of carbonyl (C=O) groups excluding carboxylic acids is 1. The van der Waals surface area contributed by atoms with Crippen molar-refractivity contribution in [2.24, 2.45) is 0 Å². The third-order valence-electron chi connectivity index (χ3n) is 2.44. The SMILES string of the molecule is CCO[C@@H](C)C(=O)NCCc1ccccc1Br. The molecular weight excluding hydrogens is 282 g/mol. The minimum Gasteiger partial charge on any atom is -0.369 e. The predicted molar refractivity (Wildman–Crippen MR) is 71.9 cm³/mol. The molecular formula is C13H18BrNO2. The maximum absolute atomic E-state index is 11.6. The first kappa shape index (κ1) is 14.2. The smallest absolute Gasteiger partial charge is 0.248 e. The van der Waals surface area contributed by atoms with Crippen LogP contribution in [-0.2, 0) is 16.0 Å². The van der Waals surface area contributed by atoms with Gasteiger partial charge in [0.05, 0.1) is 0 Å². The zero-order valence-electron chi connectivity index (χ0n) is 10.2. The van der Waals surface area contributed by atoms with Gasteiger partial charge in [0, 0.05) is 17.6 Å². The summed E-state index contributed by atoms with van der Waals surface area (Å²) in [7, 11) is 0. The molecule has 17 heavy (non-hydrogen) atoms. The summed E-state index contributed by atoms with van der Waals surface area (Å²) < 4.78 is 6.28. The van der Waals surface area contributed by atoms with Gasteiger partial charge in [0.25, 0.3) is 0 Å². The van der Waals surface area contributed by atoms with Crippen molar-refractivity contribution in [3.8, 4) is 0 Å². The lowest BCUT2D eigenvalue weighted by Gasteiger charge is -2.12. The van der Waals surface area contributed by atoms with Gasteiger partial charge in [0.2, 0.25) is 5.91 Å². The van der Waals surface area contributed by atoms with Gasteiger partial charge in [0.1, 0.15) is 6.10 Å². The zero-order valence-corrected chi connectivity index (χ0v) is 11.8. The van der Waals surface area contributed by atoms with Gasteiger partial charge >= 0.3 is 0 Å². The number of nitrogens with one attached hydrogen (secondary N) is 1. The molecule has 0 aliphatic carbocycles. The van der Waals surface area contributed by atoms with Crippen LogP contribution in [0.1, 0.15) is 19.4 Å². The van der Waals surface area contributed by atoms with Crippen molar-refractivity contribution >= 4 is 21.8 Å². The van der Waals surface area contributed by atoms with Gasteiger partial charge in [-0.3, -0.25) is 4.79 Å². The van der Waals surface area contributed by atoms with Gasteiger partial charge in [-0.1, -0.05) is 34.1 Å². The summed E-state index contributed by atoms with van der Waals surface area (Å²) in [4.78, 5) is 11.6. The molecule has 0 aliphatic heterocycles. The molecule has 0 spiro atoms. The summed E-state index contributed by atoms with van der Waals surface area (Å²) >= 11 is 3.48. The number of ether oxygens (including phenoxy) is 1. The molecule has 0 aromatic heterocycles. The summed E-state index contributed by atoms with van der Waals surface area (Å²) in [6.45, 7) is 4.82. The zero-order chi connectivity index (χ0) is 12.7. The van der Waals surface area contributed by atoms with Crippen LogP contribution in [0, 0.1) is 0 Å². The fraction of sp³-hybridized carbons (Fsp3) is 0.462. The molecule has 0 fully saturated rings. The van der Waals surface area contributed by atoms with Crippen molar-refractivity contribution in [2.45, 2.75) is 26.4 Å². The molecule has 0 heterocycles. The Kier molecular flexibility index (Phi) is 6.22. The van der Waals surface area contributed by atoms with Crippen LogP contribution in [0.2, 0.25) is 0 Å². The number of amides is 1. The minimum absolute atomic E-state index is 0.0566. The van der Waals surface area contributed by atoms with E-state index in [0.29, 0.717) is 13.2 Å². The first-order valence-corrected chi connectivity index (χ1v) is 6.57. The Labute approximate surface area is 111 Å². The van der Waals surface area contributed by atoms with Crippen LogP contribution in [0.4, 0.5) is 0 Å². The van der Waals surface area contributed by atoms with Crippen LogP contribution < -0.4 is 5.32 Å². The van der Waals surface area contributed by atoms with Crippen LogP contribution >= 0.6 is 15.9 Å². The number of carbonyl (C=O) groups is 1. The Morgan fingerprint density at radius 1 is 1.47 bits per heavy atom. The van der Waals surface area contributed by atoms with Crippen LogP contribution in [0.5, 0.6) is 0 Å². The number of hydrogen-bond donors (Lipinski definition) is 1. The van der Waals surface area contributed by atoms with Crippen molar-refractivity contribution in [1.29, 1.82) is 0 Å². The van der Waals surface area contributed by atoms with Crippen molar-refractivity contribution in [3.05, 3.63) is 34.3 Å². The first-order chi connectivity index (χ1) is 8.15. The summed E-state index contributed by atoms with van der Waals surface area (Å²) in [5, 5.41) is 2.86. The van der Waals surface area contributed by atoms with Crippen LogP contribution in [0.25, 0.3) is 0 Å². The van der Waals surface area contributed by atoms with Crippen LogP contribution in [0.15, 0.2) is 28.7 Å². The van der Waals surface area contributed by atoms with Crippen molar-refractivity contribution < 1.29 is 9.53 Å². The molecule has 1 aromatic carbocycles. The molecule has 0 bridgehead atoms. The molecule has 94 valence electrons. The summed E-state index contributed by atoms with van der Waals surface area (Å²) in [5.74, 6) is -0.0566. The summed E-state index contributed by atoms with van der Waals surface area (Å²) in [6, 6.07) is 8.01. The van der Waals surface area contributed by atoms with Gasteiger partial charge in [-0.05, 0) is 31.9 Å². The molecule has 0 saturated heterocycles. The van der Waals surface area contributed by atoms with E-state index in [1.807, 2.05) is 31.2 Å². The Balaban J connectivity index is 2.33. The number of rotatable bonds is 6. The normalized spacial score (nSPS) is 12.2. The van der Waals surface area contributed by atoms with E-state index in [-0.39, 0.29) is 12.0 Å². The second-order valence-corrected chi connectivity index (χ2v) is 4.58. The molecule has 4 heteroatoms. The standard InChI is InChI=1S/C13H18BrNO2/c1-3-17-10(2)13(16)15-9-8-11-6-4-5-7-12(11)14/h4-7,10H,3,8-9H2,1-2H3,(H,15,16)/t10-/m0/s1. The van der Waals surface area contributed by atoms with E-state index in [9.17, 15) is 4.79 Å². The molecule has 0 radical (unpaired) electrons. The molecule has 0 unspecified atom stereocenters. The summed E-state index contributed by atoms with van der Waals surface area (Å²) in [5.41, 5.74) is 1.19. The van der Waals surface area contributed by atoms with Gasteiger partial charge in [-0.15, -0.1) is 0 Å². The predicted octanol–water partition coefficient (Wildman–Crippen LogP) is 2.53. The van der Waals surface area contributed by atoms with Crippen molar-refractivity contribution in [3.63, 3.8) is 0 Å². The second kappa shape index (κ2) is 7.45. The quantitative estimate of drug-likeness (QED) is 0.877. The van der Waals surface area contributed by atoms with E-state index in [1.165, 1.54) is 5.56 Å². The monoisotopic (exact) mass is 299 g/mol. The van der Waals surface area contributed by atoms with Gasteiger partial charge in [-0.25, -0.2) is 0 Å². The highest BCUT2D eigenvalue weighted by Gasteiger charge is 2.11. The molecule has 1 N–H and O–H groups in total. The Morgan fingerprint density at radius 3 is 2.82 bits per heavy atom. The average Bonchev–Trinajstić information content (AvgIpc) is 2.31. The highest BCUT2D eigenvalue weighted by atomic mass is 79.9. The number of halogens is 1. The lowest BCUT2D eigenvalue weighted by Crippen LogP contribution is -2.35. The van der Waals surface area contributed by atoms with Crippen LogP contribution in [0.3, 0.4) is 0 Å². The highest BCUT2D eigenvalue weighted by Crippen LogP contribution is 2.15. The van der Waals surface area contributed by atoms with Gasteiger partial charge in [-0.2, -0.15) is 0 Å². The maximum atomic E-state index is 11.6. The fourth-order valence-corrected chi connectivity index (χ4v) is 1.97.